The Morgan fingerprint density at radius 1 is 1.39 bits per heavy atom. The zero-order valence-electron chi connectivity index (χ0n) is 12.5. The van der Waals surface area contributed by atoms with Crippen LogP contribution in [0.2, 0.25) is 0 Å². The van der Waals surface area contributed by atoms with Crippen LogP contribution in [0.3, 0.4) is 0 Å². The minimum absolute atomic E-state index is 0.190. The molecule has 0 radical (unpaired) electrons. The average molecular weight is 253 g/mol. The third-order valence-corrected chi connectivity index (χ3v) is 2.85. The summed E-state index contributed by atoms with van der Waals surface area (Å²) in [6.07, 6.45) is 3.94. The van der Waals surface area contributed by atoms with E-state index in [0.29, 0.717) is 6.04 Å². The van der Waals surface area contributed by atoms with E-state index >= 15 is 0 Å². The third-order valence-electron chi connectivity index (χ3n) is 2.85. The number of ether oxygens (including phenoxy) is 1. The van der Waals surface area contributed by atoms with Gasteiger partial charge >= 0.3 is 0 Å². The van der Waals surface area contributed by atoms with Crippen molar-refractivity contribution in [2.75, 3.05) is 6.54 Å². The molecule has 0 spiro atoms. The van der Waals surface area contributed by atoms with Gasteiger partial charge in [-0.05, 0) is 25.8 Å². The van der Waals surface area contributed by atoms with E-state index in [9.17, 15) is 0 Å². The summed E-state index contributed by atoms with van der Waals surface area (Å²) in [7, 11) is 0. The van der Waals surface area contributed by atoms with E-state index in [1.165, 1.54) is 0 Å². The van der Waals surface area contributed by atoms with Crippen molar-refractivity contribution >= 4 is 0 Å². The summed E-state index contributed by atoms with van der Waals surface area (Å²) in [4.78, 5) is 0. The maximum absolute atomic E-state index is 5.62. The lowest BCUT2D eigenvalue weighted by Gasteiger charge is -2.31. The first-order valence-electron chi connectivity index (χ1n) is 6.75. The molecular weight excluding hydrogens is 226 g/mol. The fraction of sp³-hybridized carbons (Fsp3) is 0.786. The van der Waals surface area contributed by atoms with Crippen LogP contribution in [-0.2, 0) is 6.54 Å². The second-order valence-corrected chi connectivity index (χ2v) is 6.04. The molecule has 1 unspecified atom stereocenters. The summed E-state index contributed by atoms with van der Waals surface area (Å²) >= 11 is 0. The summed E-state index contributed by atoms with van der Waals surface area (Å²) in [5.74, 6) is 0.842. The van der Waals surface area contributed by atoms with Gasteiger partial charge in [-0.2, -0.15) is 5.10 Å². The maximum atomic E-state index is 5.62. The van der Waals surface area contributed by atoms with Gasteiger partial charge in [-0.1, -0.05) is 27.7 Å². The van der Waals surface area contributed by atoms with Gasteiger partial charge in [0.2, 0.25) is 0 Å². The van der Waals surface area contributed by atoms with Crippen molar-refractivity contribution in [1.29, 1.82) is 0 Å². The molecule has 4 nitrogen and oxygen atoms in total. The van der Waals surface area contributed by atoms with Gasteiger partial charge in [0.1, 0.15) is 0 Å². The van der Waals surface area contributed by atoms with Crippen molar-refractivity contribution in [2.45, 2.75) is 60.2 Å². The van der Waals surface area contributed by atoms with E-state index in [1.807, 2.05) is 24.7 Å². The molecule has 0 aliphatic carbocycles. The molecule has 0 amide bonds. The monoisotopic (exact) mass is 253 g/mol. The number of nitrogens with one attached hydrogen (secondary N) is 1. The Morgan fingerprint density at radius 2 is 2.06 bits per heavy atom. The van der Waals surface area contributed by atoms with Crippen LogP contribution in [0.4, 0.5) is 0 Å². The van der Waals surface area contributed by atoms with Crippen LogP contribution < -0.4 is 10.1 Å². The van der Waals surface area contributed by atoms with E-state index < -0.39 is 0 Å². The van der Waals surface area contributed by atoms with Crippen LogP contribution in [0.5, 0.6) is 5.75 Å². The Labute approximate surface area is 111 Å². The van der Waals surface area contributed by atoms with Crippen LogP contribution >= 0.6 is 0 Å². The largest absolute Gasteiger partial charge is 0.488 e. The van der Waals surface area contributed by atoms with Gasteiger partial charge in [0.25, 0.3) is 0 Å². The van der Waals surface area contributed by atoms with Gasteiger partial charge in [0.05, 0.1) is 25.0 Å². The highest BCUT2D eigenvalue weighted by Crippen LogP contribution is 2.21. The smallest absolute Gasteiger partial charge is 0.157 e. The normalized spacial score (nSPS) is 13.9. The minimum Gasteiger partial charge on any atom is -0.488 e. The van der Waals surface area contributed by atoms with Crippen molar-refractivity contribution in [3.63, 3.8) is 0 Å². The van der Waals surface area contributed by atoms with E-state index in [4.69, 9.17) is 4.74 Å². The number of likely N-dealkylation sites (N-methyl/N-ethyl adjacent to an activating group) is 1. The standard InChI is InChI=1S/C14H27N3O/c1-7-15-13(14(4,5)6)10-17-9-12(8-16-17)18-11(2)3/h8-9,11,13,15H,7,10H2,1-6H3. The van der Waals surface area contributed by atoms with Crippen molar-refractivity contribution < 1.29 is 4.74 Å². The molecule has 0 aromatic carbocycles. The predicted octanol–water partition coefficient (Wildman–Crippen LogP) is 2.69. The first-order chi connectivity index (χ1) is 8.32. The molecule has 4 heteroatoms. The molecule has 104 valence electrons. The van der Waals surface area contributed by atoms with Crippen molar-refractivity contribution in [1.82, 2.24) is 15.1 Å². The molecule has 0 aliphatic rings. The molecular formula is C14H27N3O. The van der Waals surface area contributed by atoms with E-state index in [-0.39, 0.29) is 11.5 Å². The van der Waals surface area contributed by atoms with Crippen LogP contribution in [0.15, 0.2) is 12.4 Å². The van der Waals surface area contributed by atoms with Crippen LogP contribution in [0, 0.1) is 5.41 Å². The summed E-state index contributed by atoms with van der Waals surface area (Å²) in [6, 6.07) is 0.398. The van der Waals surface area contributed by atoms with Crippen molar-refractivity contribution in [3.8, 4) is 5.75 Å². The molecule has 1 rings (SSSR count). The molecule has 0 bridgehead atoms. The number of rotatable bonds is 6. The zero-order valence-corrected chi connectivity index (χ0v) is 12.5. The van der Waals surface area contributed by atoms with E-state index in [1.54, 1.807) is 6.20 Å². The van der Waals surface area contributed by atoms with Gasteiger partial charge in [0.15, 0.2) is 5.75 Å². The van der Waals surface area contributed by atoms with Gasteiger partial charge in [-0.25, -0.2) is 0 Å². The lowest BCUT2D eigenvalue weighted by molar-refractivity contribution is 0.234. The predicted molar refractivity (Wildman–Crippen MR) is 74.9 cm³/mol. The van der Waals surface area contributed by atoms with Gasteiger partial charge in [-0.3, -0.25) is 4.68 Å². The second-order valence-electron chi connectivity index (χ2n) is 6.04. The lowest BCUT2D eigenvalue weighted by Crippen LogP contribution is -2.43. The molecule has 0 aliphatic heterocycles. The Morgan fingerprint density at radius 3 is 2.56 bits per heavy atom. The Kier molecular flexibility index (Phi) is 5.20. The maximum Gasteiger partial charge on any atom is 0.157 e. The Hall–Kier alpha value is -1.03. The SMILES string of the molecule is CCNC(Cn1cc(OC(C)C)cn1)C(C)(C)C. The molecule has 1 aromatic rings. The Balaban J connectivity index is 2.66. The molecule has 0 saturated heterocycles. The number of nitrogens with zero attached hydrogens (tertiary/aromatic N) is 2. The first kappa shape index (κ1) is 15.0. The average Bonchev–Trinajstić information content (AvgIpc) is 2.62. The topological polar surface area (TPSA) is 39.1 Å². The number of aromatic nitrogens is 2. The molecule has 1 atom stereocenters. The molecule has 18 heavy (non-hydrogen) atoms. The van der Waals surface area contributed by atoms with E-state index in [2.05, 4.69) is 38.1 Å². The summed E-state index contributed by atoms with van der Waals surface area (Å²) in [5, 5.41) is 7.88. The van der Waals surface area contributed by atoms with Crippen LogP contribution in [0.25, 0.3) is 0 Å². The fourth-order valence-electron chi connectivity index (χ4n) is 1.86. The quantitative estimate of drug-likeness (QED) is 0.847. The minimum atomic E-state index is 0.190. The summed E-state index contributed by atoms with van der Waals surface area (Å²) in [5.41, 5.74) is 0.209. The number of hydrogen-bond donors (Lipinski definition) is 1. The fourth-order valence-corrected chi connectivity index (χ4v) is 1.86. The summed E-state index contributed by atoms with van der Waals surface area (Å²) < 4.78 is 7.57. The van der Waals surface area contributed by atoms with Crippen LogP contribution in [0.1, 0.15) is 41.5 Å². The molecule has 1 aromatic heterocycles. The number of hydrogen-bond acceptors (Lipinski definition) is 3. The highest BCUT2D eigenvalue weighted by molar-refractivity contribution is 5.12. The summed E-state index contributed by atoms with van der Waals surface area (Å²) in [6.45, 7) is 14.7. The third kappa shape index (κ3) is 4.69. The Bertz CT molecular complexity index is 352. The van der Waals surface area contributed by atoms with Crippen molar-refractivity contribution in [3.05, 3.63) is 12.4 Å². The van der Waals surface area contributed by atoms with Gasteiger partial charge < -0.3 is 10.1 Å². The van der Waals surface area contributed by atoms with Crippen LogP contribution in [-0.4, -0.2) is 28.5 Å². The zero-order chi connectivity index (χ0) is 13.8. The lowest BCUT2D eigenvalue weighted by atomic mass is 9.86. The molecule has 1 heterocycles. The molecule has 1 N–H and O–H groups in total. The van der Waals surface area contributed by atoms with Crippen molar-refractivity contribution in [2.24, 2.45) is 5.41 Å². The highest BCUT2D eigenvalue weighted by atomic mass is 16.5. The van der Waals surface area contributed by atoms with E-state index in [0.717, 1.165) is 18.8 Å². The molecule has 0 fully saturated rings. The second kappa shape index (κ2) is 6.23. The van der Waals surface area contributed by atoms with Gasteiger partial charge in [0, 0.05) is 6.04 Å². The highest BCUT2D eigenvalue weighted by Gasteiger charge is 2.24. The first-order valence-corrected chi connectivity index (χ1v) is 6.75. The molecule has 0 saturated carbocycles. The van der Waals surface area contributed by atoms with Gasteiger partial charge in [-0.15, -0.1) is 0 Å².